The Labute approximate surface area is 116 Å². The van der Waals surface area contributed by atoms with Crippen LogP contribution in [0.1, 0.15) is 11.1 Å². The molecule has 0 radical (unpaired) electrons. The number of aliphatic hydroxyl groups excluding tert-OH is 1. The summed E-state index contributed by atoms with van der Waals surface area (Å²) in [4.78, 5) is 1.50. The molecule has 0 atom stereocenters. The zero-order valence-electron chi connectivity index (χ0n) is 11.1. The molecular formula is C15H14N4O. The van der Waals surface area contributed by atoms with Crippen LogP contribution < -0.4 is 0 Å². The zero-order valence-corrected chi connectivity index (χ0v) is 11.1. The Morgan fingerprint density at radius 2 is 1.90 bits per heavy atom. The number of tetrazole rings is 1. The molecule has 1 heterocycles. The number of benzene rings is 2. The van der Waals surface area contributed by atoms with Gasteiger partial charge in [0.05, 0.1) is 12.3 Å². The molecule has 20 heavy (non-hydrogen) atoms. The van der Waals surface area contributed by atoms with Crippen molar-refractivity contribution in [2.24, 2.45) is 0 Å². The van der Waals surface area contributed by atoms with Gasteiger partial charge < -0.3 is 5.11 Å². The smallest absolute Gasteiger partial charge is 0.205 e. The van der Waals surface area contributed by atoms with Crippen molar-refractivity contribution in [3.05, 3.63) is 59.7 Å². The third kappa shape index (κ3) is 2.31. The Balaban J connectivity index is 1.96. The number of aryl methyl sites for hydroxylation is 1. The largest absolute Gasteiger partial charge is 0.392 e. The van der Waals surface area contributed by atoms with E-state index in [0.717, 1.165) is 22.4 Å². The van der Waals surface area contributed by atoms with Crippen LogP contribution in [0.2, 0.25) is 0 Å². The van der Waals surface area contributed by atoms with Crippen LogP contribution in [-0.4, -0.2) is 25.3 Å². The second-order valence-electron chi connectivity index (χ2n) is 4.54. The molecule has 3 rings (SSSR count). The van der Waals surface area contributed by atoms with E-state index < -0.39 is 0 Å². The number of hydrogen-bond donors (Lipinski definition) is 1. The topological polar surface area (TPSA) is 63.8 Å². The Hall–Kier alpha value is -2.53. The highest BCUT2D eigenvalue weighted by molar-refractivity contribution is 5.53. The Bertz CT molecular complexity index is 722. The van der Waals surface area contributed by atoms with Crippen molar-refractivity contribution >= 4 is 0 Å². The van der Waals surface area contributed by atoms with Crippen LogP contribution in [0.25, 0.3) is 17.1 Å². The van der Waals surface area contributed by atoms with Gasteiger partial charge in [-0.1, -0.05) is 36.4 Å². The van der Waals surface area contributed by atoms with E-state index >= 15 is 0 Å². The minimum absolute atomic E-state index is 0.0339. The van der Waals surface area contributed by atoms with Crippen molar-refractivity contribution in [3.63, 3.8) is 0 Å². The predicted molar refractivity (Wildman–Crippen MR) is 75.2 cm³/mol. The molecule has 0 aliphatic carbocycles. The summed E-state index contributed by atoms with van der Waals surface area (Å²) in [5.74, 6) is 0.592. The van der Waals surface area contributed by atoms with E-state index in [-0.39, 0.29) is 6.61 Å². The molecule has 0 saturated carbocycles. The third-order valence-corrected chi connectivity index (χ3v) is 3.17. The van der Waals surface area contributed by atoms with Crippen LogP contribution >= 0.6 is 0 Å². The maximum Gasteiger partial charge on any atom is 0.205 e. The van der Waals surface area contributed by atoms with Gasteiger partial charge in [-0.15, -0.1) is 15.0 Å². The number of nitrogens with zero attached hydrogens (tertiary/aromatic N) is 4. The predicted octanol–water partition coefficient (Wildman–Crippen LogP) is 2.13. The first-order chi connectivity index (χ1) is 9.78. The average molecular weight is 266 g/mol. The lowest BCUT2D eigenvalue weighted by Gasteiger charge is -2.04. The van der Waals surface area contributed by atoms with Crippen molar-refractivity contribution < 1.29 is 5.11 Å². The molecule has 0 bridgehead atoms. The standard InChI is InChI=1S/C15H14N4O/c1-11-9-14(8-7-13(11)10-20)19-17-15(16-18-19)12-5-3-2-4-6-12/h2-9,20H,10H2,1H3. The van der Waals surface area contributed by atoms with Crippen molar-refractivity contribution in [2.75, 3.05) is 0 Å². The second-order valence-corrected chi connectivity index (χ2v) is 4.54. The second kappa shape index (κ2) is 5.22. The lowest BCUT2D eigenvalue weighted by Crippen LogP contribution is -2.00. The summed E-state index contributed by atoms with van der Waals surface area (Å²) in [5.41, 5.74) is 3.66. The fourth-order valence-corrected chi connectivity index (χ4v) is 2.01. The summed E-state index contributed by atoms with van der Waals surface area (Å²) in [6.45, 7) is 1.98. The molecule has 3 aromatic rings. The Kier molecular flexibility index (Phi) is 3.26. The van der Waals surface area contributed by atoms with Crippen LogP contribution in [0, 0.1) is 6.92 Å². The van der Waals surface area contributed by atoms with Gasteiger partial charge in [-0.2, -0.15) is 0 Å². The zero-order chi connectivity index (χ0) is 13.9. The van der Waals surface area contributed by atoms with Gasteiger partial charge in [-0.3, -0.25) is 0 Å². The maximum absolute atomic E-state index is 9.18. The molecule has 5 nitrogen and oxygen atoms in total. The first kappa shape index (κ1) is 12.5. The van der Waals surface area contributed by atoms with Crippen LogP contribution in [0.5, 0.6) is 0 Å². The van der Waals surface area contributed by atoms with Gasteiger partial charge in [0.2, 0.25) is 5.82 Å². The molecule has 0 saturated heterocycles. The molecule has 2 aromatic carbocycles. The Morgan fingerprint density at radius 3 is 2.60 bits per heavy atom. The highest BCUT2D eigenvalue weighted by atomic mass is 16.3. The molecule has 0 fully saturated rings. The van der Waals surface area contributed by atoms with E-state index in [1.807, 2.05) is 55.5 Å². The third-order valence-electron chi connectivity index (χ3n) is 3.17. The summed E-state index contributed by atoms with van der Waals surface area (Å²) in [7, 11) is 0. The summed E-state index contributed by atoms with van der Waals surface area (Å²) < 4.78 is 0. The number of aromatic nitrogens is 4. The molecule has 1 N–H and O–H groups in total. The molecule has 0 amide bonds. The first-order valence-electron chi connectivity index (χ1n) is 6.34. The van der Waals surface area contributed by atoms with Crippen LogP contribution in [-0.2, 0) is 6.61 Å². The minimum Gasteiger partial charge on any atom is -0.392 e. The van der Waals surface area contributed by atoms with E-state index in [9.17, 15) is 5.11 Å². The van der Waals surface area contributed by atoms with Gasteiger partial charge in [0.15, 0.2) is 0 Å². The van der Waals surface area contributed by atoms with Crippen molar-refractivity contribution in [3.8, 4) is 17.1 Å². The summed E-state index contributed by atoms with van der Waals surface area (Å²) in [6.07, 6.45) is 0. The van der Waals surface area contributed by atoms with E-state index in [2.05, 4.69) is 15.4 Å². The van der Waals surface area contributed by atoms with Gasteiger partial charge >= 0.3 is 0 Å². The summed E-state index contributed by atoms with van der Waals surface area (Å²) in [5, 5.41) is 21.7. The number of hydrogen-bond acceptors (Lipinski definition) is 4. The SMILES string of the molecule is Cc1cc(-n2nnc(-c3ccccc3)n2)ccc1CO. The van der Waals surface area contributed by atoms with Gasteiger partial charge in [-0.25, -0.2) is 0 Å². The molecule has 100 valence electrons. The molecule has 0 spiro atoms. The van der Waals surface area contributed by atoms with Gasteiger partial charge in [0.25, 0.3) is 0 Å². The number of rotatable bonds is 3. The molecule has 0 aliphatic heterocycles. The van der Waals surface area contributed by atoms with Crippen molar-refractivity contribution in [1.29, 1.82) is 0 Å². The van der Waals surface area contributed by atoms with Gasteiger partial charge in [-0.05, 0) is 35.4 Å². The van der Waals surface area contributed by atoms with Gasteiger partial charge in [0.1, 0.15) is 0 Å². The maximum atomic E-state index is 9.18. The monoisotopic (exact) mass is 266 g/mol. The summed E-state index contributed by atoms with van der Waals surface area (Å²) >= 11 is 0. The van der Waals surface area contributed by atoms with Crippen LogP contribution in [0.3, 0.4) is 0 Å². The summed E-state index contributed by atoms with van der Waals surface area (Å²) in [6, 6.07) is 15.4. The van der Waals surface area contributed by atoms with E-state index in [4.69, 9.17) is 0 Å². The van der Waals surface area contributed by atoms with E-state index in [0.29, 0.717) is 5.82 Å². The molecule has 5 heteroatoms. The average Bonchev–Trinajstić information content (AvgIpc) is 2.98. The normalized spacial score (nSPS) is 10.7. The molecule has 0 unspecified atom stereocenters. The highest BCUT2D eigenvalue weighted by Gasteiger charge is 2.07. The molecular weight excluding hydrogens is 252 g/mol. The van der Waals surface area contributed by atoms with Crippen molar-refractivity contribution in [1.82, 2.24) is 20.2 Å². The van der Waals surface area contributed by atoms with Crippen molar-refractivity contribution in [2.45, 2.75) is 13.5 Å². The first-order valence-corrected chi connectivity index (χ1v) is 6.34. The lowest BCUT2D eigenvalue weighted by atomic mass is 10.1. The quantitative estimate of drug-likeness (QED) is 0.788. The van der Waals surface area contributed by atoms with E-state index in [1.165, 1.54) is 4.80 Å². The number of aliphatic hydroxyl groups is 1. The molecule has 1 aromatic heterocycles. The fraction of sp³-hybridized carbons (Fsp3) is 0.133. The van der Waals surface area contributed by atoms with E-state index in [1.54, 1.807) is 0 Å². The lowest BCUT2D eigenvalue weighted by molar-refractivity contribution is 0.281. The minimum atomic E-state index is 0.0339. The van der Waals surface area contributed by atoms with Crippen LogP contribution in [0.4, 0.5) is 0 Å². The van der Waals surface area contributed by atoms with Gasteiger partial charge in [0, 0.05) is 5.56 Å². The fourth-order valence-electron chi connectivity index (χ4n) is 2.01. The molecule has 0 aliphatic rings. The Morgan fingerprint density at radius 1 is 1.10 bits per heavy atom. The highest BCUT2D eigenvalue weighted by Crippen LogP contribution is 2.16. The van der Waals surface area contributed by atoms with Crippen LogP contribution in [0.15, 0.2) is 48.5 Å².